The number of ether oxygens (including phenoxy) is 2. The number of aromatic nitrogens is 2. The number of imidazole rings is 1. The van der Waals surface area contributed by atoms with Crippen LogP contribution in [0.25, 0.3) is 5.65 Å². The first-order valence-corrected chi connectivity index (χ1v) is 9.50. The third kappa shape index (κ3) is 4.28. The minimum Gasteiger partial charge on any atom is -0.480 e. The summed E-state index contributed by atoms with van der Waals surface area (Å²) in [5, 5.41) is 3.23. The summed E-state index contributed by atoms with van der Waals surface area (Å²) in [6.07, 6.45) is 4.52. The molecule has 0 radical (unpaired) electrons. The Kier molecular flexibility index (Phi) is 5.75. The highest BCUT2D eigenvalue weighted by molar-refractivity contribution is 7.16. The quantitative estimate of drug-likeness (QED) is 0.628. The number of rotatable bonds is 7. The summed E-state index contributed by atoms with van der Waals surface area (Å²) in [5.74, 6) is -0.274. The van der Waals surface area contributed by atoms with E-state index in [2.05, 4.69) is 10.3 Å². The molecular weight excluding hydrogens is 366 g/mol. The van der Waals surface area contributed by atoms with Gasteiger partial charge in [0, 0.05) is 17.3 Å². The fourth-order valence-corrected chi connectivity index (χ4v) is 3.60. The lowest BCUT2D eigenvalue weighted by atomic mass is 10.2. The molecule has 0 spiro atoms. The Labute approximate surface area is 160 Å². The van der Waals surface area contributed by atoms with E-state index in [1.165, 1.54) is 11.3 Å². The monoisotopic (exact) mass is 387 g/mol. The van der Waals surface area contributed by atoms with E-state index in [9.17, 15) is 9.59 Å². The van der Waals surface area contributed by atoms with E-state index >= 15 is 0 Å². The first kappa shape index (κ1) is 18.9. The van der Waals surface area contributed by atoms with Crippen molar-refractivity contribution in [2.75, 3.05) is 18.5 Å². The molecule has 0 saturated carbocycles. The molecule has 0 aliphatic heterocycles. The predicted octanol–water partition coefficient (Wildman–Crippen LogP) is 3.46. The van der Waals surface area contributed by atoms with Gasteiger partial charge >= 0.3 is 5.97 Å². The van der Waals surface area contributed by atoms with Gasteiger partial charge in [0.15, 0.2) is 18.0 Å². The van der Waals surface area contributed by atoms with E-state index in [0.29, 0.717) is 22.0 Å². The zero-order valence-corrected chi connectivity index (χ0v) is 16.3. The minimum absolute atomic E-state index is 0.187. The van der Waals surface area contributed by atoms with Crippen LogP contribution in [0.5, 0.6) is 5.75 Å². The molecule has 142 valence electrons. The number of fused-ring (bicyclic) bond motifs is 1. The third-order valence-electron chi connectivity index (χ3n) is 3.81. The summed E-state index contributed by atoms with van der Waals surface area (Å²) in [4.78, 5) is 29.8. The van der Waals surface area contributed by atoms with Crippen LogP contribution in [0.4, 0.5) is 5.00 Å². The van der Waals surface area contributed by atoms with Gasteiger partial charge in [0.05, 0.1) is 17.9 Å². The average Bonchev–Trinajstić information content (AvgIpc) is 3.22. The highest BCUT2D eigenvalue weighted by atomic mass is 32.1. The number of thiophene rings is 1. The van der Waals surface area contributed by atoms with Gasteiger partial charge in [-0.1, -0.05) is 6.92 Å². The van der Waals surface area contributed by atoms with Crippen LogP contribution in [0.1, 0.15) is 34.8 Å². The molecule has 0 aromatic carbocycles. The maximum absolute atomic E-state index is 12.3. The minimum atomic E-state index is -0.442. The molecule has 0 atom stereocenters. The molecule has 1 N–H and O–H groups in total. The second kappa shape index (κ2) is 8.22. The molecule has 0 unspecified atom stereocenters. The molecular formula is C19H21N3O4S. The number of amides is 1. The Balaban J connectivity index is 1.70. The number of pyridine rings is 1. The molecule has 3 aromatic rings. The van der Waals surface area contributed by atoms with Crippen molar-refractivity contribution in [1.82, 2.24) is 9.38 Å². The van der Waals surface area contributed by atoms with Crippen molar-refractivity contribution in [2.24, 2.45) is 0 Å². The van der Waals surface area contributed by atoms with Crippen molar-refractivity contribution < 1.29 is 19.1 Å². The largest absolute Gasteiger partial charge is 0.480 e. The summed E-state index contributed by atoms with van der Waals surface area (Å²) >= 11 is 1.36. The van der Waals surface area contributed by atoms with Gasteiger partial charge in [-0.25, -0.2) is 9.78 Å². The second-order valence-corrected chi connectivity index (χ2v) is 6.99. The molecule has 0 aliphatic carbocycles. The molecule has 0 aliphatic rings. The Hall–Kier alpha value is -2.87. The maximum Gasteiger partial charge on any atom is 0.341 e. The van der Waals surface area contributed by atoms with E-state index in [0.717, 1.165) is 17.0 Å². The number of hydrogen-bond acceptors (Lipinski definition) is 6. The Morgan fingerprint density at radius 3 is 2.89 bits per heavy atom. The number of anilines is 1. The predicted molar refractivity (Wildman–Crippen MR) is 104 cm³/mol. The zero-order chi connectivity index (χ0) is 19.4. The topological polar surface area (TPSA) is 81.9 Å². The SMILES string of the molecule is CCOC(=O)c1cc(CC)sc1NC(=O)COc1cccn2cc(C)nc12. The van der Waals surface area contributed by atoms with Gasteiger partial charge in [0.1, 0.15) is 5.00 Å². The van der Waals surface area contributed by atoms with E-state index < -0.39 is 5.97 Å². The summed E-state index contributed by atoms with van der Waals surface area (Å²) in [5.41, 5.74) is 1.89. The molecule has 1 amide bonds. The van der Waals surface area contributed by atoms with Crippen LogP contribution in [-0.4, -0.2) is 34.5 Å². The van der Waals surface area contributed by atoms with Gasteiger partial charge in [0.25, 0.3) is 5.91 Å². The Morgan fingerprint density at radius 1 is 1.33 bits per heavy atom. The number of nitrogens with one attached hydrogen (secondary N) is 1. The summed E-state index contributed by atoms with van der Waals surface area (Å²) in [6.45, 7) is 5.72. The lowest BCUT2D eigenvalue weighted by Gasteiger charge is -2.08. The van der Waals surface area contributed by atoms with Crippen molar-refractivity contribution in [1.29, 1.82) is 0 Å². The van der Waals surface area contributed by atoms with Crippen LogP contribution in [-0.2, 0) is 16.0 Å². The normalized spacial score (nSPS) is 10.8. The lowest BCUT2D eigenvalue weighted by Crippen LogP contribution is -2.21. The highest BCUT2D eigenvalue weighted by Gasteiger charge is 2.19. The first-order chi connectivity index (χ1) is 13.0. The van der Waals surface area contributed by atoms with E-state index in [1.54, 1.807) is 19.1 Å². The molecule has 8 heteroatoms. The lowest BCUT2D eigenvalue weighted by molar-refractivity contribution is -0.118. The van der Waals surface area contributed by atoms with Gasteiger partial charge in [-0.2, -0.15) is 0 Å². The van der Waals surface area contributed by atoms with Crippen molar-refractivity contribution in [2.45, 2.75) is 27.2 Å². The summed E-state index contributed by atoms with van der Waals surface area (Å²) in [7, 11) is 0. The zero-order valence-electron chi connectivity index (χ0n) is 15.4. The van der Waals surface area contributed by atoms with Crippen LogP contribution < -0.4 is 10.1 Å². The first-order valence-electron chi connectivity index (χ1n) is 8.68. The van der Waals surface area contributed by atoms with Crippen LogP contribution in [0, 0.1) is 6.92 Å². The molecule has 3 aromatic heterocycles. The third-order valence-corrected chi connectivity index (χ3v) is 5.00. The summed E-state index contributed by atoms with van der Waals surface area (Å²) < 4.78 is 12.5. The van der Waals surface area contributed by atoms with Crippen LogP contribution >= 0.6 is 11.3 Å². The van der Waals surface area contributed by atoms with Crippen LogP contribution in [0.3, 0.4) is 0 Å². The molecule has 7 nitrogen and oxygen atoms in total. The Morgan fingerprint density at radius 2 is 2.15 bits per heavy atom. The fraction of sp³-hybridized carbons (Fsp3) is 0.316. The van der Waals surface area contributed by atoms with Gasteiger partial charge in [-0.15, -0.1) is 11.3 Å². The number of hydrogen-bond donors (Lipinski definition) is 1. The molecule has 0 fully saturated rings. The molecule has 27 heavy (non-hydrogen) atoms. The number of carbonyl (C=O) groups excluding carboxylic acids is 2. The number of carbonyl (C=O) groups is 2. The van der Waals surface area contributed by atoms with E-state index in [-0.39, 0.29) is 19.1 Å². The molecule has 3 heterocycles. The standard InChI is InChI=1S/C19H21N3O4S/c1-4-13-9-14(19(24)25-5-2)18(27-13)21-16(23)11-26-15-7-6-8-22-10-12(3)20-17(15)22/h6-10H,4-5,11H2,1-3H3,(H,21,23). The van der Waals surface area contributed by atoms with Crippen molar-refractivity contribution in [3.63, 3.8) is 0 Å². The van der Waals surface area contributed by atoms with Gasteiger partial charge in [-0.3, -0.25) is 4.79 Å². The van der Waals surface area contributed by atoms with Crippen molar-refractivity contribution in [3.8, 4) is 5.75 Å². The number of nitrogens with zero attached hydrogens (tertiary/aromatic N) is 2. The molecule has 0 bridgehead atoms. The van der Waals surface area contributed by atoms with Crippen LogP contribution in [0.2, 0.25) is 0 Å². The van der Waals surface area contributed by atoms with E-state index in [4.69, 9.17) is 9.47 Å². The molecule has 0 saturated heterocycles. The van der Waals surface area contributed by atoms with Crippen LogP contribution in [0.15, 0.2) is 30.6 Å². The Bertz CT molecular complexity index is 977. The second-order valence-electron chi connectivity index (χ2n) is 5.85. The van der Waals surface area contributed by atoms with Crippen molar-refractivity contribution >= 4 is 33.9 Å². The van der Waals surface area contributed by atoms with Gasteiger partial charge in [-0.05, 0) is 38.5 Å². The highest BCUT2D eigenvalue weighted by Crippen LogP contribution is 2.29. The summed E-state index contributed by atoms with van der Waals surface area (Å²) in [6, 6.07) is 5.35. The number of aryl methyl sites for hydroxylation is 2. The maximum atomic E-state index is 12.3. The number of esters is 1. The fourth-order valence-electron chi connectivity index (χ4n) is 2.60. The van der Waals surface area contributed by atoms with Crippen molar-refractivity contribution in [3.05, 3.63) is 46.7 Å². The smallest absolute Gasteiger partial charge is 0.341 e. The van der Waals surface area contributed by atoms with Gasteiger partial charge in [0.2, 0.25) is 0 Å². The average molecular weight is 387 g/mol. The molecule has 3 rings (SSSR count). The van der Waals surface area contributed by atoms with Gasteiger partial charge < -0.3 is 19.2 Å². The van der Waals surface area contributed by atoms with E-state index in [1.807, 2.05) is 36.7 Å².